The molecule has 0 fully saturated rings. The molecule has 1 heterocycles. The maximum atomic E-state index is 10.8. The summed E-state index contributed by atoms with van der Waals surface area (Å²) in [7, 11) is 0. The average molecular weight is 239 g/mol. The molecule has 16 heavy (non-hydrogen) atoms. The van der Waals surface area contributed by atoms with Crippen LogP contribution in [0.4, 0.5) is 10.5 Å². The molecule has 4 N–H and O–H groups in total. The van der Waals surface area contributed by atoms with Crippen LogP contribution in [0.2, 0.25) is 5.02 Å². The predicted molar refractivity (Wildman–Crippen MR) is 57.8 cm³/mol. The fraction of sp³-hybridized carbons (Fsp3) is 0. The molecule has 1 aromatic carbocycles. The first kappa shape index (κ1) is 10.4. The van der Waals surface area contributed by atoms with E-state index in [1.54, 1.807) is 18.2 Å². The minimum absolute atomic E-state index is 0.417. The van der Waals surface area contributed by atoms with Gasteiger partial charge in [0.25, 0.3) is 0 Å². The zero-order valence-corrected chi connectivity index (χ0v) is 8.69. The minimum atomic E-state index is -0.684. The van der Waals surface area contributed by atoms with Crippen LogP contribution < -0.4 is 11.1 Å². The summed E-state index contributed by atoms with van der Waals surface area (Å²) in [5.74, 6) is 0.417. The fourth-order valence-electron chi connectivity index (χ4n) is 1.23. The standard InChI is InChI=1S/C8H7ClN6O/c9-4-1-2-5(7-12-14-15-13-7)6(3-4)11-8(10)16/h1-3H,(H3,10,11,16)(H,12,13,14,15). The van der Waals surface area contributed by atoms with Crippen molar-refractivity contribution in [3.63, 3.8) is 0 Å². The van der Waals surface area contributed by atoms with Crippen molar-refractivity contribution < 1.29 is 4.79 Å². The fourth-order valence-corrected chi connectivity index (χ4v) is 1.40. The summed E-state index contributed by atoms with van der Waals surface area (Å²) < 4.78 is 0. The average Bonchev–Trinajstić information content (AvgIpc) is 2.69. The van der Waals surface area contributed by atoms with E-state index >= 15 is 0 Å². The number of aromatic nitrogens is 4. The number of primary amides is 1. The second-order valence-corrected chi connectivity index (χ2v) is 3.37. The van der Waals surface area contributed by atoms with E-state index in [0.717, 1.165) is 0 Å². The van der Waals surface area contributed by atoms with Gasteiger partial charge < -0.3 is 11.1 Å². The summed E-state index contributed by atoms with van der Waals surface area (Å²) >= 11 is 5.81. The lowest BCUT2D eigenvalue weighted by atomic mass is 10.1. The third kappa shape index (κ3) is 2.09. The number of carbonyl (C=O) groups excluding carboxylic acids is 1. The van der Waals surface area contributed by atoms with E-state index in [-0.39, 0.29) is 0 Å². The number of halogens is 1. The molecule has 1 aromatic heterocycles. The molecule has 82 valence electrons. The molecule has 0 unspecified atom stereocenters. The van der Waals surface area contributed by atoms with Crippen molar-refractivity contribution in [3.05, 3.63) is 23.2 Å². The topological polar surface area (TPSA) is 110 Å². The van der Waals surface area contributed by atoms with Gasteiger partial charge in [0.2, 0.25) is 0 Å². The normalized spacial score (nSPS) is 10.1. The molecule has 0 saturated heterocycles. The molecule has 0 saturated carbocycles. The van der Waals surface area contributed by atoms with Crippen LogP contribution in [0.5, 0.6) is 0 Å². The molecule has 2 amide bonds. The lowest BCUT2D eigenvalue weighted by Gasteiger charge is -2.07. The first-order valence-electron chi connectivity index (χ1n) is 4.27. The molecule has 2 aromatic rings. The predicted octanol–water partition coefficient (Wildman–Crippen LogP) is 1.01. The van der Waals surface area contributed by atoms with Gasteiger partial charge in [-0.15, -0.1) is 5.10 Å². The zero-order chi connectivity index (χ0) is 11.5. The number of carbonyl (C=O) groups is 1. The highest BCUT2D eigenvalue weighted by Gasteiger charge is 2.10. The van der Waals surface area contributed by atoms with Gasteiger partial charge in [-0.05, 0) is 28.6 Å². The Hall–Kier alpha value is -2.15. The number of H-pyrrole nitrogens is 1. The van der Waals surface area contributed by atoms with Crippen molar-refractivity contribution in [2.24, 2.45) is 5.73 Å². The Kier molecular flexibility index (Phi) is 2.69. The van der Waals surface area contributed by atoms with E-state index in [0.29, 0.717) is 22.1 Å². The highest BCUT2D eigenvalue weighted by atomic mass is 35.5. The van der Waals surface area contributed by atoms with Crippen LogP contribution in [-0.2, 0) is 0 Å². The van der Waals surface area contributed by atoms with Gasteiger partial charge in [0.1, 0.15) is 0 Å². The van der Waals surface area contributed by atoms with Gasteiger partial charge in [0.15, 0.2) is 5.82 Å². The Morgan fingerprint density at radius 3 is 2.94 bits per heavy atom. The Labute approximate surface area is 95.0 Å². The Balaban J connectivity index is 2.48. The van der Waals surface area contributed by atoms with Crippen molar-refractivity contribution in [1.29, 1.82) is 0 Å². The third-order valence-electron chi connectivity index (χ3n) is 1.84. The molecule has 2 rings (SSSR count). The quantitative estimate of drug-likeness (QED) is 0.725. The number of nitrogens with one attached hydrogen (secondary N) is 2. The lowest BCUT2D eigenvalue weighted by molar-refractivity contribution is 0.259. The molecular weight excluding hydrogens is 232 g/mol. The van der Waals surface area contributed by atoms with E-state index in [4.69, 9.17) is 17.3 Å². The van der Waals surface area contributed by atoms with Crippen molar-refractivity contribution in [2.45, 2.75) is 0 Å². The maximum absolute atomic E-state index is 10.8. The van der Waals surface area contributed by atoms with Crippen molar-refractivity contribution >= 4 is 23.3 Å². The molecule has 0 spiro atoms. The SMILES string of the molecule is NC(=O)Nc1cc(Cl)ccc1-c1nnn[nH]1. The van der Waals surface area contributed by atoms with Crippen LogP contribution in [0.15, 0.2) is 18.2 Å². The summed E-state index contributed by atoms with van der Waals surface area (Å²) in [5, 5.41) is 16.1. The van der Waals surface area contributed by atoms with E-state index < -0.39 is 6.03 Å². The Bertz CT molecular complexity index is 511. The summed E-state index contributed by atoms with van der Waals surface area (Å²) in [6.45, 7) is 0. The molecule has 0 bridgehead atoms. The zero-order valence-electron chi connectivity index (χ0n) is 7.94. The van der Waals surface area contributed by atoms with Gasteiger partial charge in [0, 0.05) is 10.6 Å². The van der Waals surface area contributed by atoms with Crippen LogP contribution in [-0.4, -0.2) is 26.7 Å². The van der Waals surface area contributed by atoms with Gasteiger partial charge in [0.05, 0.1) is 5.69 Å². The second-order valence-electron chi connectivity index (χ2n) is 2.93. The van der Waals surface area contributed by atoms with Crippen LogP contribution in [0.3, 0.4) is 0 Å². The number of tetrazole rings is 1. The van der Waals surface area contributed by atoms with Crippen molar-refractivity contribution in [2.75, 3.05) is 5.32 Å². The molecule has 0 atom stereocenters. The number of benzene rings is 1. The van der Waals surface area contributed by atoms with Gasteiger partial charge in [-0.25, -0.2) is 9.89 Å². The lowest BCUT2D eigenvalue weighted by Crippen LogP contribution is -2.19. The summed E-state index contributed by atoms with van der Waals surface area (Å²) in [4.78, 5) is 10.8. The number of hydrogen-bond donors (Lipinski definition) is 3. The van der Waals surface area contributed by atoms with Crippen LogP contribution in [0.1, 0.15) is 0 Å². The number of urea groups is 1. The number of hydrogen-bond acceptors (Lipinski definition) is 4. The van der Waals surface area contributed by atoms with E-state index in [1.807, 2.05) is 0 Å². The van der Waals surface area contributed by atoms with Gasteiger partial charge >= 0.3 is 6.03 Å². The molecule has 0 aliphatic rings. The minimum Gasteiger partial charge on any atom is -0.351 e. The number of nitrogens with two attached hydrogens (primary N) is 1. The first-order valence-corrected chi connectivity index (χ1v) is 4.64. The first-order chi connectivity index (χ1) is 7.66. The van der Waals surface area contributed by atoms with E-state index in [1.165, 1.54) is 0 Å². The summed E-state index contributed by atoms with van der Waals surface area (Å²) in [6, 6.07) is 4.21. The highest BCUT2D eigenvalue weighted by Crippen LogP contribution is 2.27. The summed E-state index contributed by atoms with van der Waals surface area (Å²) in [6.07, 6.45) is 0. The van der Waals surface area contributed by atoms with E-state index in [9.17, 15) is 4.79 Å². The highest BCUT2D eigenvalue weighted by molar-refractivity contribution is 6.31. The smallest absolute Gasteiger partial charge is 0.316 e. The van der Waals surface area contributed by atoms with Gasteiger partial charge in [-0.1, -0.05) is 11.6 Å². The summed E-state index contributed by atoms with van der Waals surface area (Å²) in [5.41, 5.74) is 6.09. The Morgan fingerprint density at radius 1 is 1.50 bits per heavy atom. The molecular formula is C8H7ClN6O. The monoisotopic (exact) mass is 238 g/mol. The largest absolute Gasteiger partial charge is 0.351 e. The van der Waals surface area contributed by atoms with Crippen molar-refractivity contribution in [3.8, 4) is 11.4 Å². The number of rotatable bonds is 2. The molecule has 7 nitrogen and oxygen atoms in total. The molecule has 8 heteroatoms. The van der Waals surface area contributed by atoms with Crippen LogP contribution in [0, 0.1) is 0 Å². The van der Waals surface area contributed by atoms with Gasteiger partial charge in [-0.3, -0.25) is 0 Å². The second kappa shape index (κ2) is 4.15. The van der Waals surface area contributed by atoms with Crippen LogP contribution in [0.25, 0.3) is 11.4 Å². The van der Waals surface area contributed by atoms with Crippen molar-refractivity contribution in [1.82, 2.24) is 20.6 Å². The molecule has 0 radical (unpaired) electrons. The third-order valence-corrected chi connectivity index (χ3v) is 2.08. The Morgan fingerprint density at radius 2 is 2.31 bits per heavy atom. The van der Waals surface area contributed by atoms with Gasteiger partial charge in [-0.2, -0.15) is 0 Å². The maximum Gasteiger partial charge on any atom is 0.316 e. The van der Waals surface area contributed by atoms with E-state index in [2.05, 4.69) is 25.9 Å². The number of nitrogens with zero attached hydrogens (tertiary/aromatic N) is 3. The molecule has 0 aliphatic carbocycles. The van der Waals surface area contributed by atoms with Crippen LogP contribution >= 0.6 is 11.6 Å². The number of amides is 2. The number of aromatic amines is 1. The molecule has 0 aliphatic heterocycles. The number of anilines is 1.